The fraction of sp³-hybridized carbons (Fsp3) is 0.273. The first-order valence-electron chi connectivity index (χ1n) is 8.86. The molecule has 3 rings (SSSR count). The molecular weight excluding hydrogens is 324 g/mol. The summed E-state index contributed by atoms with van der Waals surface area (Å²) in [6, 6.07) is 15.5. The zero-order valence-corrected chi connectivity index (χ0v) is 15.7. The third-order valence-corrected chi connectivity index (χ3v) is 4.56. The van der Waals surface area contributed by atoms with Crippen molar-refractivity contribution in [3.05, 3.63) is 75.6 Å². The predicted octanol–water partition coefficient (Wildman–Crippen LogP) is 4.33. The minimum atomic E-state index is -0.157. The molecule has 0 saturated heterocycles. The molecule has 3 aromatic rings. The van der Waals surface area contributed by atoms with Gasteiger partial charge >= 0.3 is 0 Å². The second-order valence-electron chi connectivity index (χ2n) is 7.08. The third kappa shape index (κ3) is 3.54. The molecule has 0 aliphatic heterocycles. The number of H-pyrrole nitrogens is 1. The Morgan fingerprint density at radius 3 is 2.50 bits per heavy atom. The highest BCUT2D eigenvalue weighted by molar-refractivity contribution is 5.95. The van der Waals surface area contributed by atoms with Crippen molar-refractivity contribution in [2.75, 3.05) is 4.90 Å². The monoisotopic (exact) mass is 348 g/mol. The van der Waals surface area contributed by atoms with Crippen LogP contribution >= 0.6 is 0 Å². The summed E-state index contributed by atoms with van der Waals surface area (Å²) in [6.45, 7) is 8.03. The minimum Gasteiger partial charge on any atom is -0.322 e. The summed E-state index contributed by atoms with van der Waals surface area (Å²) < 4.78 is 0. The number of anilines is 1. The lowest BCUT2D eigenvalue weighted by Crippen LogP contribution is -2.36. The van der Waals surface area contributed by atoms with Gasteiger partial charge in [-0.1, -0.05) is 49.7 Å². The number of para-hydroxylation sites is 1. The Labute approximate surface area is 153 Å². The number of hydrogen-bond donors (Lipinski definition) is 1. The lowest BCUT2D eigenvalue weighted by molar-refractivity contribution is -0.121. The van der Waals surface area contributed by atoms with Gasteiger partial charge < -0.3 is 9.88 Å². The normalized spacial score (nSPS) is 11.1. The van der Waals surface area contributed by atoms with Crippen LogP contribution in [0.15, 0.2) is 53.3 Å². The molecule has 4 heteroatoms. The number of aromatic nitrogens is 1. The third-order valence-electron chi connectivity index (χ3n) is 4.56. The first-order chi connectivity index (χ1) is 12.4. The van der Waals surface area contributed by atoms with E-state index in [0.717, 1.165) is 27.7 Å². The summed E-state index contributed by atoms with van der Waals surface area (Å²) in [5.41, 5.74) is 4.24. The summed E-state index contributed by atoms with van der Waals surface area (Å²) in [7, 11) is 0. The van der Waals surface area contributed by atoms with Crippen molar-refractivity contribution >= 4 is 22.5 Å². The number of nitrogens with one attached hydrogen (secondary N) is 1. The standard InChI is InChI=1S/C22H24N2O2/c1-14(2)22(26)24(20-10-9-15(3)11-16(20)4)13-18-12-17-7-5-6-8-19(17)23-21(18)25/h5-12,14H,13H2,1-4H3,(H,23,25). The smallest absolute Gasteiger partial charge is 0.253 e. The van der Waals surface area contributed by atoms with E-state index in [4.69, 9.17) is 0 Å². The quantitative estimate of drug-likeness (QED) is 0.763. The highest BCUT2D eigenvalue weighted by Crippen LogP contribution is 2.25. The van der Waals surface area contributed by atoms with Gasteiger partial charge in [-0.15, -0.1) is 0 Å². The van der Waals surface area contributed by atoms with Crippen LogP contribution in [0.25, 0.3) is 10.9 Å². The van der Waals surface area contributed by atoms with Crippen molar-refractivity contribution in [1.82, 2.24) is 4.98 Å². The van der Waals surface area contributed by atoms with Crippen molar-refractivity contribution in [2.45, 2.75) is 34.2 Å². The molecule has 1 heterocycles. The number of hydrogen-bond acceptors (Lipinski definition) is 2. The highest BCUT2D eigenvalue weighted by Gasteiger charge is 2.22. The average Bonchev–Trinajstić information content (AvgIpc) is 2.60. The number of rotatable bonds is 4. The molecule has 134 valence electrons. The Morgan fingerprint density at radius 2 is 1.81 bits per heavy atom. The average molecular weight is 348 g/mol. The molecule has 0 bridgehead atoms. The van der Waals surface area contributed by atoms with Crippen LogP contribution in [0.2, 0.25) is 0 Å². The zero-order chi connectivity index (χ0) is 18.8. The number of aromatic amines is 1. The van der Waals surface area contributed by atoms with E-state index in [2.05, 4.69) is 11.1 Å². The number of nitrogens with zero attached hydrogens (tertiary/aromatic N) is 1. The summed E-state index contributed by atoms with van der Waals surface area (Å²) in [5.74, 6) is -0.153. The molecule has 0 radical (unpaired) electrons. The summed E-state index contributed by atoms with van der Waals surface area (Å²) in [4.78, 5) is 30.0. The van der Waals surface area contributed by atoms with E-state index in [-0.39, 0.29) is 23.9 Å². The van der Waals surface area contributed by atoms with Crippen molar-refractivity contribution in [1.29, 1.82) is 0 Å². The van der Waals surface area contributed by atoms with Crippen LogP contribution in [0, 0.1) is 19.8 Å². The SMILES string of the molecule is Cc1ccc(N(Cc2cc3ccccc3[nH]c2=O)C(=O)C(C)C)c(C)c1. The van der Waals surface area contributed by atoms with Gasteiger partial charge in [0, 0.05) is 22.7 Å². The Bertz CT molecular complexity index is 1020. The predicted molar refractivity (Wildman–Crippen MR) is 107 cm³/mol. The van der Waals surface area contributed by atoms with Gasteiger partial charge in [-0.2, -0.15) is 0 Å². The lowest BCUT2D eigenvalue weighted by Gasteiger charge is -2.26. The Morgan fingerprint density at radius 1 is 1.08 bits per heavy atom. The van der Waals surface area contributed by atoms with Crippen molar-refractivity contribution in [3.63, 3.8) is 0 Å². The molecule has 0 unspecified atom stereocenters. The number of fused-ring (bicyclic) bond motifs is 1. The van der Waals surface area contributed by atoms with Crippen LogP contribution in [0.5, 0.6) is 0 Å². The molecule has 0 aliphatic rings. The van der Waals surface area contributed by atoms with E-state index in [1.807, 2.05) is 70.2 Å². The Hall–Kier alpha value is -2.88. The van der Waals surface area contributed by atoms with Crippen LogP contribution in [0.1, 0.15) is 30.5 Å². The van der Waals surface area contributed by atoms with Crippen LogP contribution < -0.4 is 10.5 Å². The minimum absolute atomic E-state index is 0.00418. The summed E-state index contributed by atoms with van der Waals surface area (Å²) in [6.07, 6.45) is 0. The van der Waals surface area contributed by atoms with Crippen molar-refractivity contribution < 1.29 is 4.79 Å². The Kier molecular flexibility index (Phi) is 4.94. The van der Waals surface area contributed by atoms with Gasteiger partial charge in [-0.25, -0.2) is 0 Å². The lowest BCUT2D eigenvalue weighted by atomic mass is 10.1. The molecule has 0 spiro atoms. The van der Waals surface area contributed by atoms with Crippen molar-refractivity contribution in [2.24, 2.45) is 5.92 Å². The zero-order valence-electron chi connectivity index (χ0n) is 15.7. The van der Waals surface area contributed by atoms with Crippen molar-refractivity contribution in [3.8, 4) is 0 Å². The fourth-order valence-corrected chi connectivity index (χ4v) is 3.18. The molecule has 0 saturated carbocycles. The highest BCUT2D eigenvalue weighted by atomic mass is 16.2. The van der Waals surface area contributed by atoms with E-state index >= 15 is 0 Å². The first kappa shape index (κ1) is 17.9. The topological polar surface area (TPSA) is 53.2 Å². The number of pyridine rings is 1. The fourth-order valence-electron chi connectivity index (χ4n) is 3.18. The van der Waals surface area contributed by atoms with Gasteiger partial charge in [-0.05, 0) is 43.0 Å². The molecule has 0 aliphatic carbocycles. The number of carbonyl (C=O) groups is 1. The van der Waals surface area contributed by atoms with Gasteiger partial charge in [0.2, 0.25) is 5.91 Å². The number of aryl methyl sites for hydroxylation is 2. The van der Waals surface area contributed by atoms with E-state index < -0.39 is 0 Å². The van der Waals surface area contributed by atoms with Gasteiger partial charge in [0.15, 0.2) is 0 Å². The van der Waals surface area contributed by atoms with Crippen LogP contribution in [-0.2, 0) is 11.3 Å². The first-order valence-corrected chi connectivity index (χ1v) is 8.86. The Balaban J connectivity index is 2.07. The largest absolute Gasteiger partial charge is 0.322 e. The molecule has 0 atom stereocenters. The van der Waals surface area contributed by atoms with Crippen LogP contribution in [0.3, 0.4) is 0 Å². The van der Waals surface area contributed by atoms with Crippen LogP contribution in [0.4, 0.5) is 5.69 Å². The summed E-state index contributed by atoms with van der Waals surface area (Å²) in [5, 5.41) is 0.958. The second kappa shape index (κ2) is 7.16. The number of carbonyl (C=O) groups excluding carboxylic acids is 1. The van der Waals surface area contributed by atoms with E-state index in [9.17, 15) is 9.59 Å². The van der Waals surface area contributed by atoms with E-state index in [1.165, 1.54) is 0 Å². The van der Waals surface area contributed by atoms with E-state index in [1.54, 1.807) is 4.90 Å². The molecule has 1 aromatic heterocycles. The van der Waals surface area contributed by atoms with Gasteiger partial charge in [0.25, 0.3) is 5.56 Å². The van der Waals surface area contributed by atoms with Gasteiger partial charge in [0.05, 0.1) is 6.54 Å². The molecule has 1 amide bonds. The molecular formula is C22H24N2O2. The summed E-state index contributed by atoms with van der Waals surface area (Å²) >= 11 is 0. The van der Waals surface area contributed by atoms with Crippen LogP contribution in [-0.4, -0.2) is 10.9 Å². The van der Waals surface area contributed by atoms with Gasteiger partial charge in [-0.3, -0.25) is 9.59 Å². The molecule has 4 nitrogen and oxygen atoms in total. The maximum atomic E-state index is 12.9. The maximum Gasteiger partial charge on any atom is 0.253 e. The molecule has 1 N–H and O–H groups in total. The second-order valence-corrected chi connectivity index (χ2v) is 7.08. The molecule has 2 aromatic carbocycles. The number of amides is 1. The van der Waals surface area contributed by atoms with E-state index in [0.29, 0.717) is 5.56 Å². The maximum absolute atomic E-state index is 12.9. The number of benzene rings is 2. The molecule has 0 fully saturated rings. The molecule has 26 heavy (non-hydrogen) atoms. The van der Waals surface area contributed by atoms with Gasteiger partial charge in [0.1, 0.15) is 0 Å².